The summed E-state index contributed by atoms with van der Waals surface area (Å²) in [6.45, 7) is 4.20. The van der Waals surface area contributed by atoms with Crippen LogP contribution < -0.4 is 5.32 Å². The summed E-state index contributed by atoms with van der Waals surface area (Å²) in [4.78, 5) is 3.24. The number of fused-ring (bicyclic) bond motifs is 2. The summed E-state index contributed by atoms with van der Waals surface area (Å²) in [6.07, 6.45) is 2.50. The van der Waals surface area contributed by atoms with Gasteiger partial charge in [-0.05, 0) is 36.6 Å². The highest BCUT2D eigenvalue weighted by atomic mass is 16.3. The van der Waals surface area contributed by atoms with E-state index in [4.69, 9.17) is 0 Å². The standard InChI is InChI=1S/C18H18N2O/c1-11-7-8-13-9-18(21,20-17(13)12(11)2)15-10-19-16-6-4-3-5-14(15)16/h3-8,10,19-21H,9H2,1-2H3. The van der Waals surface area contributed by atoms with Crippen LogP contribution in [0.3, 0.4) is 0 Å². The highest BCUT2D eigenvalue weighted by Gasteiger charge is 2.38. The smallest absolute Gasteiger partial charge is 0.168 e. The van der Waals surface area contributed by atoms with Crippen LogP contribution in [0.5, 0.6) is 0 Å². The number of hydrogen-bond acceptors (Lipinski definition) is 2. The lowest BCUT2D eigenvalue weighted by atomic mass is 9.97. The number of H-pyrrole nitrogens is 1. The lowest BCUT2D eigenvalue weighted by Gasteiger charge is -2.23. The molecule has 0 amide bonds. The van der Waals surface area contributed by atoms with Gasteiger partial charge in [-0.1, -0.05) is 30.3 Å². The van der Waals surface area contributed by atoms with Crippen molar-refractivity contribution in [2.45, 2.75) is 26.0 Å². The van der Waals surface area contributed by atoms with Crippen LogP contribution in [0.4, 0.5) is 5.69 Å². The normalized spacial score (nSPS) is 20.5. The van der Waals surface area contributed by atoms with E-state index in [1.165, 1.54) is 16.7 Å². The first-order chi connectivity index (χ1) is 10.1. The summed E-state index contributed by atoms with van der Waals surface area (Å²) >= 11 is 0. The first-order valence-electron chi connectivity index (χ1n) is 7.25. The molecule has 0 spiro atoms. The third kappa shape index (κ3) is 1.71. The molecular weight excluding hydrogens is 260 g/mol. The van der Waals surface area contributed by atoms with Gasteiger partial charge >= 0.3 is 0 Å². The third-order valence-electron chi connectivity index (χ3n) is 4.64. The zero-order chi connectivity index (χ0) is 14.6. The van der Waals surface area contributed by atoms with Gasteiger partial charge in [0.15, 0.2) is 5.72 Å². The number of benzene rings is 2. The Morgan fingerprint density at radius 2 is 1.90 bits per heavy atom. The summed E-state index contributed by atoms with van der Waals surface area (Å²) in [6, 6.07) is 12.3. The molecule has 21 heavy (non-hydrogen) atoms. The Morgan fingerprint density at radius 3 is 2.76 bits per heavy atom. The SMILES string of the molecule is Cc1ccc2c(c1C)NC(O)(c1c[nH]c3ccccc13)C2. The number of para-hydroxylation sites is 1. The molecule has 3 nitrogen and oxygen atoms in total. The van der Waals surface area contributed by atoms with Gasteiger partial charge in [-0.3, -0.25) is 0 Å². The molecule has 1 aromatic heterocycles. The van der Waals surface area contributed by atoms with Crippen molar-refractivity contribution in [2.75, 3.05) is 5.32 Å². The highest BCUT2D eigenvalue weighted by Crippen LogP contribution is 2.42. The molecule has 1 atom stereocenters. The molecule has 0 aliphatic carbocycles. The maximum atomic E-state index is 11.2. The predicted molar refractivity (Wildman–Crippen MR) is 85.4 cm³/mol. The fourth-order valence-corrected chi connectivity index (χ4v) is 3.30. The zero-order valence-electron chi connectivity index (χ0n) is 12.2. The van der Waals surface area contributed by atoms with Crippen LogP contribution >= 0.6 is 0 Å². The molecule has 3 N–H and O–H groups in total. The molecule has 2 aromatic carbocycles. The maximum absolute atomic E-state index is 11.2. The van der Waals surface area contributed by atoms with Gasteiger partial charge in [0.25, 0.3) is 0 Å². The molecule has 4 rings (SSSR count). The molecule has 3 heteroatoms. The molecule has 1 aliphatic rings. The van der Waals surface area contributed by atoms with E-state index in [0.717, 1.165) is 22.2 Å². The van der Waals surface area contributed by atoms with Gasteiger partial charge in [-0.2, -0.15) is 0 Å². The van der Waals surface area contributed by atoms with Crippen LogP contribution in [0.15, 0.2) is 42.6 Å². The molecule has 3 aromatic rings. The van der Waals surface area contributed by atoms with Gasteiger partial charge < -0.3 is 15.4 Å². The monoisotopic (exact) mass is 278 g/mol. The van der Waals surface area contributed by atoms with E-state index >= 15 is 0 Å². The van der Waals surface area contributed by atoms with Crippen molar-refractivity contribution in [2.24, 2.45) is 0 Å². The van der Waals surface area contributed by atoms with Crippen LogP contribution in [-0.4, -0.2) is 10.1 Å². The Labute approximate surface area is 123 Å². The molecule has 1 aliphatic heterocycles. The van der Waals surface area contributed by atoms with Crippen LogP contribution in [0.1, 0.15) is 22.3 Å². The molecule has 0 radical (unpaired) electrons. The third-order valence-corrected chi connectivity index (χ3v) is 4.64. The van der Waals surface area contributed by atoms with Crippen LogP contribution in [0.25, 0.3) is 10.9 Å². The Hall–Kier alpha value is -2.26. The first-order valence-corrected chi connectivity index (χ1v) is 7.25. The van der Waals surface area contributed by atoms with E-state index in [-0.39, 0.29) is 0 Å². The van der Waals surface area contributed by atoms with E-state index in [1.54, 1.807) is 0 Å². The van der Waals surface area contributed by atoms with Gasteiger partial charge in [0.05, 0.1) is 0 Å². The molecule has 1 unspecified atom stereocenters. The predicted octanol–water partition coefficient (Wildman–Crippen LogP) is 3.60. The van der Waals surface area contributed by atoms with Crippen molar-refractivity contribution >= 4 is 16.6 Å². The van der Waals surface area contributed by atoms with E-state index in [0.29, 0.717) is 6.42 Å². The Kier molecular flexibility index (Phi) is 2.45. The molecule has 0 fully saturated rings. The number of aromatic amines is 1. The number of aliphatic hydroxyl groups is 1. The van der Waals surface area contributed by atoms with Gasteiger partial charge in [-0.15, -0.1) is 0 Å². The summed E-state index contributed by atoms with van der Waals surface area (Å²) in [5.41, 5.74) is 5.61. The van der Waals surface area contributed by atoms with Crippen LogP contribution in [0.2, 0.25) is 0 Å². The Balaban J connectivity index is 1.85. The van der Waals surface area contributed by atoms with Crippen molar-refractivity contribution in [1.82, 2.24) is 4.98 Å². The molecule has 0 saturated carbocycles. The molecular formula is C18H18N2O. The van der Waals surface area contributed by atoms with Crippen molar-refractivity contribution in [3.8, 4) is 0 Å². The average molecular weight is 278 g/mol. The quantitative estimate of drug-likeness (QED) is 0.637. The van der Waals surface area contributed by atoms with Crippen LogP contribution in [0, 0.1) is 13.8 Å². The largest absolute Gasteiger partial charge is 0.367 e. The number of rotatable bonds is 1. The summed E-state index contributed by atoms with van der Waals surface area (Å²) in [5, 5.41) is 15.6. The Morgan fingerprint density at radius 1 is 1.10 bits per heavy atom. The number of anilines is 1. The second-order valence-corrected chi connectivity index (χ2v) is 5.95. The van der Waals surface area contributed by atoms with Gasteiger partial charge in [0.1, 0.15) is 0 Å². The highest BCUT2D eigenvalue weighted by molar-refractivity contribution is 5.85. The first kappa shape index (κ1) is 12.5. The summed E-state index contributed by atoms with van der Waals surface area (Å²) in [5.74, 6) is 0. The molecule has 0 bridgehead atoms. The lowest BCUT2D eigenvalue weighted by Crippen LogP contribution is -2.32. The minimum absolute atomic E-state index is 0.589. The summed E-state index contributed by atoms with van der Waals surface area (Å²) in [7, 11) is 0. The fraction of sp³-hybridized carbons (Fsp3) is 0.222. The summed E-state index contributed by atoms with van der Waals surface area (Å²) < 4.78 is 0. The second kappa shape index (κ2) is 4.12. The van der Waals surface area contributed by atoms with Crippen molar-refractivity contribution in [3.63, 3.8) is 0 Å². The van der Waals surface area contributed by atoms with Crippen molar-refractivity contribution in [3.05, 3.63) is 64.8 Å². The number of aryl methyl sites for hydroxylation is 1. The van der Waals surface area contributed by atoms with Gasteiger partial charge in [-0.25, -0.2) is 0 Å². The number of hydrogen-bond donors (Lipinski definition) is 3. The zero-order valence-corrected chi connectivity index (χ0v) is 12.2. The van der Waals surface area contributed by atoms with Crippen molar-refractivity contribution < 1.29 is 5.11 Å². The van der Waals surface area contributed by atoms with Crippen LogP contribution in [-0.2, 0) is 12.1 Å². The maximum Gasteiger partial charge on any atom is 0.168 e. The van der Waals surface area contributed by atoms with E-state index < -0.39 is 5.72 Å². The van der Waals surface area contributed by atoms with Crippen molar-refractivity contribution in [1.29, 1.82) is 0 Å². The minimum atomic E-state index is -1.04. The average Bonchev–Trinajstić information content (AvgIpc) is 3.05. The van der Waals surface area contributed by atoms with E-state index in [2.05, 4.69) is 36.3 Å². The van der Waals surface area contributed by atoms with Gasteiger partial charge in [0, 0.05) is 34.8 Å². The number of aromatic nitrogens is 1. The van der Waals surface area contributed by atoms with E-state index in [9.17, 15) is 5.11 Å². The fourth-order valence-electron chi connectivity index (χ4n) is 3.30. The Bertz CT molecular complexity index is 850. The lowest BCUT2D eigenvalue weighted by molar-refractivity contribution is 0.0773. The van der Waals surface area contributed by atoms with Gasteiger partial charge in [0.2, 0.25) is 0 Å². The second-order valence-electron chi connectivity index (χ2n) is 5.95. The molecule has 2 heterocycles. The molecule has 0 saturated heterocycles. The number of nitrogens with one attached hydrogen (secondary N) is 2. The molecule has 106 valence electrons. The minimum Gasteiger partial charge on any atom is -0.367 e. The van der Waals surface area contributed by atoms with E-state index in [1.807, 2.05) is 30.5 Å². The topological polar surface area (TPSA) is 48.0 Å².